The number of hydrogen-bond acceptors (Lipinski definition) is 3. The molecule has 3 nitrogen and oxygen atoms in total. The molecule has 18 heavy (non-hydrogen) atoms. The molecule has 2 saturated heterocycles. The Labute approximate surface area is 113 Å². The largest absolute Gasteiger partial charge is 0.315 e. The minimum absolute atomic E-state index is 0.879. The molecular formula is C15H31N3. The van der Waals surface area contributed by atoms with Gasteiger partial charge in [-0.25, -0.2) is 0 Å². The predicted molar refractivity (Wildman–Crippen MR) is 77.9 cm³/mol. The maximum absolute atomic E-state index is 3.48. The Morgan fingerprint density at radius 3 is 2.28 bits per heavy atom. The van der Waals surface area contributed by atoms with Gasteiger partial charge < -0.3 is 15.1 Å². The summed E-state index contributed by atoms with van der Waals surface area (Å²) in [4.78, 5) is 5.31. The summed E-state index contributed by atoms with van der Waals surface area (Å²) in [5.74, 6) is 1.85. The molecule has 0 aromatic rings. The van der Waals surface area contributed by atoms with E-state index in [9.17, 15) is 0 Å². The van der Waals surface area contributed by atoms with Crippen LogP contribution in [0.2, 0.25) is 0 Å². The van der Waals surface area contributed by atoms with Crippen molar-refractivity contribution in [3.05, 3.63) is 0 Å². The van der Waals surface area contributed by atoms with Crippen molar-refractivity contribution in [3.8, 4) is 0 Å². The minimum Gasteiger partial charge on any atom is -0.315 e. The number of piperidine rings is 1. The number of rotatable bonds is 4. The first kappa shape index (κ1) is 14.3. The first-order valence-electron chi connectivity index (χ1n) is 7.91. The summed E-state index contributed by atoms with van der Waals surface area (Å²) in [5.41, 5.74) is 0. The van der Waals surface area contributed by atoms with E-state index in [2.05, 4.69) is 29.0 Å². The number of nitrogens with one attached hydrogen (secondary N) is 1. The number of hydrogen-bond donors (Lipinski definition) is 1. The molecule has 2 rings (SSSR count). The summed E-state index contributed by atoms with van der Waals surface area (Å²) in [6.07, 6.45) is 4.15. The van der Waals surface area contributed by atoms with E-state index in [1.54, 1.807) is 0 Å². The zero-order valence-electron chi connectivity index (χ0n) is 12.3. The average molecular weight is 253 g/mol. The zero-order valence-corrected chi connectivity index (χ0v) is 12.3. The first-order chi connectivity index (χ1) is 8.75. The molecule has 2 heterocycles. The lowest BCUT2D eigenvalue weighted by Gasteiger charge is -2.35. The Hall–Kier alpha value is -0.120. The maximum atomic E-state index is 3.48. The molecule has 1 N–H and O–H groups in total. The van der Waals surface area contributed by atoms with Gasteiger partial charge in [0.05, 0.1) is 0 Å². The second-order valence-corrected chi connectivity index (χ2v) is 6.37. The van der Waals surface area contributed by atoms with Crippen molar-refractivity contribution in [3.63, 3.8) is 0 Å². The molecule has 0 spiro atoms. The number of nitrogens with zero attached hydrogens (tertiary/aromatic N) is 2. The standard InChI is InChI=1S/C15H31N3/c1-14(2)15-4-9-18(10-5-15)13-12-17-8-3-6-16-7-11-17/h14-16H,3-13H2,1-2H3. The summed E-state index contributed by atoms with van der Waals surface area (Å²) in [5, 5.41) is 3.48. The molecule has 0 bridgehead atoms. The van der Waals surface area contributed by atoms with Crippen LogP contribution in [0.4, 0.5) is 0 Å². The Morgan fingerprint density at radius 1 is 0.944 bits per heavy atom. The van der Waals surface area contributed by atoms with E-state index in [4.69, 9.17) is 0 Å². The Kier molecular flexibility index (Phi) is 5.93. The van der Waals surface area contributed by atoms with E-state index in [0.29, 0.717) is 0 Å². The van der Waals surface area contributed by atoms with Crippen molar-refractivity contribution >= 4 is 0 Å². The van der Waals surface area contributed by atoms with Crippen molar-refractivity contribution in [1.29, 1.82) is 0 Å². The third kappa shape index (κ3) is 4.52. The van der Waals surface area contributed by atoms with Gasteiger partial charge in [0.25, 0.3) is 0 Å². The van der Waals surface area contributed by atoms with Crippen LogP contribution in [0.1, 0.15) is 33.1 Å². The van der Waals surface area contributed by atoms with Gasteiger partial charge in [-0.2, -0.15) is 0 Å². The van der Waals surface area contributed by atoms with Gasteiger partial charge in [-0.1, -0.05) is 13.8 Å². The maximum Gasteiger partial charge on any atom is 0.0110 e. The molecule has 2 fully saturated rings. The molecular weight excluding hydrogens is 222 g/mol. The van der Waals surface area contributed by atoms with Crippen molar-refractivity contribution in [2.45, 2.75) is 33.1 Å². The van der Waals surface area contributed by atoms with Crippen LogP contribution >= 0.6 is 0 Å². The Bertz CT molecular complexity index is 214. The first-order valence-corrected chi connectivity index (χ1v) is 7.91. The zero-order chi connectivity index (χ0) is 12.8. The Morgan fingerprint density at radius 2 is 1.61 bits per heavy atom. The molecule has 106 valence electrons. The van der Waals surface area contributed by atoms with Crippen LogP contribution in [0, 0.1) is 11.8 Å². The summed E-state index contributed by atoms with van der Waals surface area (Å²) in [7, 11) is 0. The van der Waals surface area contributed by atoms with Crippen molar-refractivity contribution in [2.75, 3.05) is 52.4 Å². The van der Waals surface area contributed by atoms with Crippen LogP contribution in [-0.2, 0) is 0 Å². The Balaban J connectivity index is 1.62. The molecule has 0 aromatic heterocycles. The van der Waals surface area contributed by atoms with Gasteiger partial charge >= 0.3 is 0 Å². The topological polar surface area (TPSA) is 18.5 Å². The molecule has 2 aliphatic rings. The van der Waals surface area contributed by atoms with Gasteiger partial charge in [0.1, 0.15) is 0 Å². The van der Waals surface area contributed by atoms with E-state index < -0.39 is 0 Å². The second-order valence-electron chi connectivity index (χ2n) is 6.37. The molecule has 0 saturated carbocycles. The van der Waals surface area contributed by atoms with Gasteiger partial charge in [-0.15, -0.1) is 0 Å². The highest BCUT2D eigenvalue weighted by Crippen LogP contribution is 2.24. The van der Waals surface area contributed by atoms with Gasteiger partial charge in [0.2, 0.25) is 0 Å². The molecule has 0 aliphatic carbocycles. The SMILES string of the molecule is CC(C)C1CCN(CCN2CCCNCC2)CC1. The fourth-order valence-corrected chi connectivity index (χ4v) is 3.25. The van der Waals surface area contributed by atoms with Crippen LogP contribution in [0.3, 0.4) is 0 Å². The van der Waals surface area contributed by atoms with Crippen molar-refractivity contribution < 1.29 is 0 Å². The van der Waals surface area contributed by atoms with E-state index >= 15 is 0 Å². The van der Waals surface area contributed by atoms with Crippen LogP contribution < -0.4 is 5.32 Å². The summed E-state index contributed by atoms with van der Waals surface area (Å²) in [6.45, 7) is 14.9. The highest BCUT2D eigenvalue weighted by Gasteiger charge is 2.21. The lowest BCUT2D eigenvalue weighted by Crippen LogP contribution is -2.41. The van der Waals surface area contributed by atoms with Crippen LogP contribution in [0.25, 0.3) is 0 Å². The highest BCUT2D eigenvalue weighted by atomic mass is 15.2. The van der Waals surface area contributed by atoms with E-state index in [-0.39, 0.29) is 0 Å². The number of likely N-dealkylation sites (tertiary alicyclic amines) is 1. The minimum atomic E-state index is 0.879. The second kappa shape index (κ2) is 7.46. The van der Waals surface area contributed by atoms with Gasteiger partial charge in [-0.05, 0) is 57.3 Å². The van der Waals surface area contributed by atoms with Crippen LogP contribution in [-0.4, -0.2) is 62.2 Å². The molecule has 0 amide bonds. The van der Waals surface area contributed by atoms with E-state index in [1.807, 2.05) is 0 Å². The van der Waals surface area contributed by atoms with Gasteiger partial charge in [0, 0.05) is 26.2 Å². The lowest BCUT2D eigenvalue weighted by molar-refractivity contribution is 0.139. The molecule has 2 aliphatic heterocycles. The molecule has 0 aromatic carbocycles. The summed E-state index contributed by atoms with van der Waals surface area (Å²) < 4.78 is 0. The van der Waals surface area contributed by atoms with Crippen LogP contribution in [0.5, 0.6) is 0 Å². The fourth-order valence-electron chi connectivity index (χ4n) is 3.25. The van der Waals surface area contributed by atoms with Crippen molar-refractivity contribution in [1.82, 2.24) is 15.1 Å². The fraction of sp³-hybridized carbons (Fsp3) is 1.00. The predicted octanol–water partition coefficient (Wildman–Crippen LogP) is 1.65. The van der Waals surface area contributed by atoms with E-state index in [1.165, 1.54) is 71.6 Å². The monoisotopic (exact) mass is 253 g/mol. The normalized spacial score (nSPS) is 25.5. The van der Waals surface area contributed by atoms with E-state index in [0.717, 1.165) is 11.8 Å². The molecule has 0 unspecified atom stereocenters. The molecule has 0 atom stereocenters. The molecule has 3 heteroatoms. The summed E-state index contributed by atoms with van der Waals surface area (Å²) >= 11 is 0. The van der Waals surface area contributed by atoms with Crippen molar-refractivity contribution in [2.24, 2.45) is 11.8 Å². The molecule has 0 radical (unpaired) electrons. The highest BCUT2D eigenvalue weighted by molar-refractivity contribution is 4.75. The quantitative estimate of drug-likeness (QED) is 0.822. The smallest absolute Gasteiger partial charge is 0.0110 e. The lowest BCUT2D eigenvalue weighted by atomic mass is 9.87. The third-order valence-electron chi connectivity index (χ3n) is 4.74. The summed E-state index contributed by atoms with van der Waals surface area (Å²) in [6, 6.07) is 0. The van der Waals surface area contributed by atoms with Gasteiger partial charge in [-0.3, -0.25) is 0 Å². The van der Waals surface area contributed by atoms with Crippen LogP contribution in [0.15, 0.2) is 0 Å². The average Bonchev–Trinajstić information content (AvgIpc) is 2.65. The third-order valence-corrected chi connectivity index (χ3v) is 4.74. The van der Waals surface area contributed by atoms with Gasteiger partial charge in [0.15, 0.2) is 0 Å².